The summed E-state index contributed by atoms with van der Waals surface area (Å²) in [5.41, 5.74) is 6.94. The molecule has 0 bridgehead atoms. The zero-order valence-electron chi connectivity index (χ0n) is 10.8. The fourth-order valence-electron chi connectivity index (χ4n) is 2.67. The van der Waals surface area contributed by atoms with Crippen LogP contribution in [0.4, 0.5) is 5.69 Å². The Hall–Kier alpha value is -1.49. The highest BCUT2D eigenvalue weighted by atomic mass is 16.3. The van der Waals surface area contributed by atoms with Crippen LogP contribution in [-0.2, 0) is 7.05 Å². The van der Waals surface area contributed by atoms with E-state index in [1.54, 1.807) is 16.8 Å². The Morgan fingerprint density at radius 1 is 1.56 bits per heavy atom. The number of aryl methyl sites for hydroxylation is 1. The van der Waals surface area contributed by atoms with Crippen LogP contribution < -0.4 is 5.73 Å². The number of rotatable bonds is 3. The molecule has 2 heterocycles. The number of aromatic nitrogens is 1. The number of nitrogen functional groups attached to an aromatic ring is 1. The summed E-state index contributed by atoms with van der Waals surface area (Å²) in [5.74, 6) is 0.0207. The van der Waals surface area contributed by atoms with E-state index in [0.29, 0.717) is 17.8 Å². The van der Waals surface area contributed by atoms with E-state index in [1.807, 2.05) is 11.9 Å². The van der Waals surface area contributed by atoms with E-state index in [1.165, 1.54) is 0 Å². The van der Waals surface area contributed by atoms with E-state index in [2.05, 4.69) is 0 Å². The average Bonchev–Trinajstić information content (AvgIpc) is 2.69. The number of likely N-dealkylation sites (tertiary alicyclic amines) is 1. The van der Waals surface area contributed by atoms with Crippen LogP contribution in [0.15, 0.2) is 12.3 Å². The van der Waals surface area contributed by atoms with Crippen molar-refractivity contribution in [3.05, 3.63) is 18.0 Å². The minimum Gasteiger partial charge on any atom is -0.397 e. The van der Waals surface area contributed by atoms with Gasteiger partial charge in [-0.05, 0) is 31.7 Å². The first-order valence-electron chi connectivity index (χ1n) is 6.47. The minimum absolute atomic E-state index is 0.0207. The summed E-state index contributed by atoms with van der Waals surface area (Å²) < 4.78 is 1.77. The van der Waals surface area contributed by atoms with Crippen LogP contribution in [0, 0.1) is 0 Å². The molecular formula is C13H21N3O2. The Balaban J connectivity index is 2.18. The second-order valence-corrected chi connectivity index (χ2v) is 4.93. The predicted molar refractivity (Wildman–Crippen MR) is 70.2 cm³/mol. The van der Waals surface area contributed by atoms with Gasteiger partial charge in [0, 0.05) is 32.4 Å². The highest BCUT2D eigenvalue weighted by molar-refractivity contribution is 5.94. The molecule has 18 heavy (non-hydrogen) atoms. The van der Waals surface area contributed by atoms with E-state index < -0.39 is 0 Å². The van der Waals surface area contributed by atoms with Gasteiger partial charge in [0.05, 0.1) is 5.69 Å². The Morgan fingerprint density at radius 2 is 2.33 bits per heavy atom. The maximum absolute atomic E-state index is 12.5. The summed E-state index contributed by atoms with van der Waals surface area (Å²) in [6, 6.07) is 1.87. The predicted octanol–water partition coefficient (Wildman–Crippen LogP) is 0.984. The third kappa shape index (κ3) is 2.51. The number of nitrogens with two attached hydrogens (primary N) is 1. The Bertz CT molecular complexity index is 426. The molecule has 0 aromatic carbocycles. The number of carbonyl (C=O) groups excluding carboxylic acids is 1. The number of nitrogens with zero attached hydrogens (tertiary/aromatic N) is 2. The molecule has 5 heteroatoms. The van der Waals surface area contributed by atoms with Crippen molar-refractivity contribution in [2.45, 2.75) is 31.7 Å². The van der Waals surface area contributed by atoms with Gasteiger partial charge in [0.2, 0.25) is 0 Å². The molecule has 1 amide bonds. The van der Waals surface area contributed by atoms with Crippen molar-refractivity contribution in [1.82, 2.24) is 9.47 Å². The molecule has 1 aromatic rings. The SMILES string of the molecule is Cn1cc(N)cc1C(=O)N1CCCCC1CCO. The molecular weight excluding hydrogens is 230 g/mol. The van der Waals surface area contributed by atoms with Crippen LogP contribution in [0.25, 0.3) is 0 Å². The fourth-order valence-corrected chi connectivity index (χ4v) is 2.67. The van der Waals surface area contributed by atoms with Crippen molar-refractivity contribution in [3.8, 4) is 0 Å². The molecule has 1 saturated heterocycles. The van der Waals surface area contributed by atoms with E-state index in [9.17, 15) is 4.79 Å². The Labute approximate surface area is 107 Å². The maximum atomic E-state index is 12.5. The molecule has 3 N–H and O–H groups in total. The normalized spacial score (nSPS) is 20.1. The van der Waals surface area contributed by atoms with Gasteiger partial charge in [-0.25, -0.2) is 0 Å². The molecule has 100 valence electrons. The Morgan fingerprint density at radius 3 is 2.94 bits per heavy atom. The maximum Gasteiger partial charge on any atom is 0.270 e. The van der Waals surface area contributed by atoms with Gasteiger partial charge in [0.25, 0.3) is 5.91 Å². The van der Waals surface area contributed by atoms with Gasteiger partial charge in [-0.3, -0.25) is 4.79 Å². The van der Waals surface area contributed by atoms with Gasteiger partial charge < -0.3 is 20.3 Å². The van der Waals surface area contributed by atoms with Gasteiger partial charge in [-0.15, -0.1) is 0 Å². The summed E-state index contributed by atoms with van der Waals surface area (Å²) in [4.78, 5) is 14.4. The average molecular weight is 251 g/mol. The van der Waals surface area contributed by atoms with Crippen molar-refractivity contribution in [3.63, 3.8) is 0 Å². The van der Waals surface area contributed by atoms with Crippen LogP contribution in [0.2, 0.25) is 0 Å². The summed E-state index contributed by atoms with van der Waals surface area (Å²) in [7, 11) is 1.83. The first-order chi connectivity index (χ1) is 8.63. The molecule has 2 rings (SSSR count). The lowest BCUT2D eigenvalue weighted by Crippen LogP contribution is -2.44. The molecule has 0 radical (unpaired) electrons. The zero-order chi connectivity index (χ0) is 13.1. The van der Waals surface area contributed by atoms with Crippen molar-refractivity contribution < 1.29 is 9.90 Å². The van der Waals surface area contributed by atoms with E-state index >= 15 is 0 Å². The van der Waals surface area contributed by atoms with Crippen LogP contribution in [0.5, 0.6) is 0 Å². The summed E-state index contributed by atoms with van der Waals surface area (Å²) >= 11 is 0. The Kier molecular flexibility index (Phi) is 3.91. The molecule has 0 saturated carbocycles. The van der Waals surface area contributed by atoms with Gasteiger partial charge in [0.1, 0.15) is 5.69 Å². The topological polar surface area (TPSA) is 71.5 Å². The number of anilines is 1. The van der Waals surface area contributed by atoms with Gasteiger partial charge in [-0.2, -0.15) is 0 Å². The van der Waals surface area contributed by atoms with E-state index in [4.69, 9.17) is 10.8 Å². The molecule has 5 nitrogen and oxygen atoms in total. The van der Waals surface area contributed by atoms with E-state index in [-0.39, 0.29) is 18.6 Å². The number of aliphatic hydroxyl groups is 1. The summed E-state index contributed by atoms with van der Waals surface area (Å²) in [6.07, 6.45) is 5.55. The first kappa shape index (κ1) is 13.0. The fraction of sp³-hybridized carbons (Fsp3) is 0.615. The highest BCUT2D eigenvalue weighted by Crippen LogP contribution is 2.22. The van der Waals surface area contributed by atoms with Crippen molar-refractivity contribution in [1.29, 1.82) is 0 Å². The number of amides is 1. The molecule has 1 unspecified atom stereocenters. The van der Waals surface area contributed by atoms with Crippen LogP contribution >= 0.6 is 0 Å². The number of aliphatic hydroxyl groups excluding tert-OH is 1. The molecule has 1 fully saturated rings. The van der Waals surface area contributed by atoms with Crippen LogP contribution in [-0.4, -0.2) is 39.7 Å². The summed E-state index contributed by atoms with van der Waals surface area (Å²) in [5, 5.41) is 9.08. The van der Waals surface area contributed by atoms with Crippen molar-refractivity contribution in [2.24, 2.45) is 7.05 Å². The number of carbonyl (C=O) groups is 1. The molecule has 1 atom stereocenters. The monoisotopic (exact) mass is 251 g/mol. The largest absolute Gasteiger partial charge is 0.397 e. The number of hydrogen-bond acceptors (Lipinski definition) is 3. The zero-order valence-corrected chi connectivity index (χ0v) is 10.8. The molecule has 1 aromatic heterocycles. The van der Waals surface area contributed by atoms with Crippen LogP contribution in [0.1, 0.15) is 36.2 Å². The smallest absolute Gasteiger partial charge is 0.270 e. The van der Waals surface area contributed by atoms with E-state index in [0.717, 1.165) is 25.8 Å². The van der Waals surface area contributed by atoms with Gasteiger partial charge in [-0.1, -0.05) is 0 Å². The standard InChI is InChI=1S/C13H21N3O2/c1-15-9-10(14)8-12(15)13(18)16-6-3-2-4-11(16)5-7-17/h8-9,11,17H,2-7,14H2,1H3. The minimum atomic E-state index is 0.0207. The quantitative estimate of drug-likeness (QED) is 0.841. The van der Waals surface area contributed by atoms with Crippen LogP contribution in [0.3, 0.4) is 0 Å². The lowest BCUT2D eigenvalue weighted by Gasteiger charge is -2.35. The third-order valence-corrected chi connectivity index (χ3v) is 3.60. The van der Waals surface area contributed by atoms with Gasteiger partial charge >= 0.3 is 0 Å². The second kappa shape index (κ2) is 5.44. The highest BCUT2D eigenvalue weighted by Gasteiger charge is 2.28. The number of hydrogen-bond donors (Lipinski definition) is 2. The van der Waals surface area contributed by atoms with Gasteiger partial charge in [0.15, 0.2) is 0 Å². The molecule has 1 aliphatic heterocycles. The molecule has 0 aliphatic carbocycles. The lowest BCUT2D eigenvalue weighted by atomic mass is 9.99. The second-order valence-electron chi connectivity index (χ2n) is 4.93. The first-order valence-corrected chi connectivity index (χ1v) is 6.47. The lowest BCUT2D eigenvalue weighted by molar-refractivity contribution is 0.0565. The van der Waals surface area contributed by atoms with Crippen molar-refractivity contribution in [2.75, 3.05) is 18.9 Å². The number of piperidine rings is 1. The van der Waals surface area contributed by atoms with Crippen molar-refractivity contribution >= 4 is 11.6 Å². The third-order valence-electron chi connectivity index (χ3n) is 3.60. The summed E-state index contributed by atoms with van der Waals surface area (Å²) in [6.45, 7) is 0.901. The molecule has 0 spiro atoms. The molecule has 1 aliphatic rings.